The van der Waals surface area contributed by atoms with E-state index in [2.05, 4.69) is 34.0 Å². The van der Waals surface area contributed by atoms with Crippen LogP contribution in [0.2, 0.25) is 0 Å². The molecule has 0 radical (unpaired) electrons. The Morgan fingerprint density at radius 2 is 2.09 bits per heavy atom. The fourth-order valence-corrected chi connectivity index (χ4v) is 4.76. The molecule has 0 bridgehead atoms. The largest absolute Gasteiger partial charge is 0.302 e. The summed E-state index contributed by atoms with van der Waals surface area (Å²) < 4.78 is 0. The molecule has 1 aromatic rings. The van der Waals surface area contributed by atoms with Gasteiger partial charge >= 0.3 is 0 Å². The minimum Gasteiger partial charge on any atom is -0.302 e. The van der Waals surface area contributed by atoms with Crippen molar-refractivity contribution in [3.8, 4) is 0 Å². The Labute approximate surface area is 134 Å². The van der Waals surface area contributed by atoms with E-state index in [1.807, 2.05) is 12.3 Å². The molecule has 3 atom stereocenters. The molecule has 3 nitrogen and oxygen atoms in total. The zero-order valence-electron chi connectivity index (χ0n) is 13.8. The van der Waals surface area contributed by atoms with E-state index in [1.54, 1.807) is 0 Å². The molecule has 2 saturated carbocycles. The summed E-state index contributed by atoms with van der Waals surface area (Å²) in [5.41, 5.74) is 1.21. The molecule has 0 spiro atoms. The predicted molar refractivity (Wildman–Crippen MR) is 89.5 cm³/mol. The second kappa shape index (κ2) is 6.29. The van der Waals surface area contributed by atoms with Crippen LogP contribution >= 0.6 is 0 Å². The number of rotatable bonds is 5. The Hall–Kier alpha value is -0.930. The highest BCUT2D eigenvalue weighted by Crippen LogP contribution is 2.40. The number of fused-ring (bicyclic) bond motifs is 1. The lowest BCUT2D eigenvalue weighted by Crippen LogP contribution is -2.43. The van der Waals surface area contributed by atoms with Crippen LogP contribution in [0.5, 0.6) is 0 Å². The van der Waals surface area contributed by atoms with E-state index in [1.165, 1.54) is 57.4 Å². The number of pyridine rings is 1. The van der Waals surface area contributed by atoms with Crippen LogP contribution in [0.1, 0.15) is 37.8 Å². The molecule has 3 aliphatic rings. The standard InChI is InChI=1S/C19H29N3/c1-21(13-17-6-2-3-10-20-17)19-7-4-5-16-12-22(14-18(16)19)11-15-8-9-15/h2-3,6,10,15-16,18-19H,4-5,7-9,11-14H2,1H3/t16-,18+,19-/m1/s1. The molecular weight excluding hydrogens is 270 g/mol. The van der Waals surface area contributed by atoms with E-state index < -0.39 is 0 Å². The van der Waals surface area contributed by atoms with Crippen LogP contribution in [0.4, 0.5) is 0 Å². The topological polar surface area (TPSA) is 19.4 Å². The molecule has 3 fully saturated rings. The van der Waals surface area contributed by atoms with Gasteiger partial charge in [0, 0.05) is 38.4 Å². The molecule has 1 aromatic heterocycles. The van der Waals surface area contributed by atoms with Crippen LogP contribution in [0.25, 0.3) is 0 Å². The average Bonchev–Trinajstić information content (AvgIpc) is 3.24. The van der Waals surface area contributed by atoms with Gasteiger partial charge in [0.05, 0.1) is 5.69 Å². The van der Waals surface area contributed by atoms with Crippen molar-refractivity contribution in [3.05, 3.63) is 30.1 Å². The Bertz CT molecular complexity index is 485. The van der Waals surface area contributed by atoms with Gasteiger partial charge in [-0.05, 0) is 62.6 Å². The van der Waals surface area contributed by atoms with E-state index in [9.17, 15) is 0 Å². The highest BCUT2D eigenvalue weighted by molar-refractivity contribution is 5.04. The lowest BCUT2D eigenvalue weighted by atomic mass is 9.77. The first kappa shape index (κ1) is 14.6. The maximum atomic E-state index is 4.51. The van der Waals surface area contributed by atoms with Gasteiger partial charge in [-0.15, -0.1) is 0 Å². The van der Waals surface area contributed by atoms with E-state index >= 15 is 0 Å². The second-order valence-electron chi connectivity index (χ2n) is 7.82. The number of nitrogens with zero attached hydrogens (tertiary/aromatic N) is 3. The van der Waals surface area contributed by atoms with Gasteiger partial charge < -0.3 is 4.90 Å². The van der Waals surface area contributed by atoms with Crippen molar-refractivity contribution in [2.24, 2.45) is 17.8 Å². The Balaban J connectivity index is 1.39. The first-order valence-electron chi connectivity index (χ1n) is 9.12. The number of aromatic nitrogens is 1. The van der Waals surface area contributed by atoms with E-state index in [0.29, 0.717) is 0 Å². The maximum Gasteiger partial charge on any atom is 0.0543 e. The lowest BCUT2D eigenvalue weighted by Gasteiger charge is -2.39. The molecule has 0 unspecified atom stereocenters. The lowest BCUT2D eigenvalue weighted by molar-refractivity contribution is 0.104. The van der Waals surface area contributed by atoms with Crippen molar-refractivity contribution in [1.29, 1.82) is 0 Å². The third-order valence-corrected chi connectivity index (χ3v) is 6.05. The number of hydrogen-bond donors (Lipinski definition) is 0. The first-order chi connectivity index (χ1) is 10.8. The van der Waals surface area contributed by atoms with Crippen LogP contribution in [0.3, 0.4) is 0 Å². The summed E-state index contributed by atoms with van der Waals surface area (Å²) in [6, 6.07) is 7.02. The van der Waals surface area contributed by atoms with Gasteiger partial charge in [-0.2, -0.15) is 0 Å². The minimum absolute atomic E-state index is 0.755. The van der Waals surface area contributed by atoms with Crippen LogP contribution in [-0.4, -0.2) is 47.5 Å². The SMILES string of the molecule is CN(Cc1ccccn1)[C@@H]1CCC[C@@H]2CN(CC3CC3)C[C@@H]21. The monoisotopic (exact) mass is 299 g/mol. The van der Waals surface area contributed by atoms with Gasteiger partial charge in [0.15, 0.2) is 0 Å². The van der Waals surface area contributed by atoms with Gasteiger partial charge in [0.25, 0.3) is 0 Å². The smallest absolute Gasteiger partial charge is 0.0543 e. The van der Waals surface area contributed by atoms with Crippen molar-refractivity contribution in [2.75, 3.05) is 26.7 Å². The molecule has 0 aromatic carbocycles. The first-order valence-corrected chi connectivity index (χ1v) is 9.12. The fraction of sp³-hybridized carbons (Fsp3) is 0.737. The zero-order valence-corrected chi connectivity index (χ0v) is 13.8. The second-order valence-corrected chi connectivity index (χ2v) is 7.82. The molecule has 3 heteroatoms. The Morgan fingerprint density at radius 1 is 1.18 bits per heavy atom. The Morgan fingerprint density at radius 3 is 2.86 bits per heavy atom. The van der Waals surface area contributed by atoms with Gasteiger partial charge in [-0.3, -0.25) is 9.88 Å². The molecule has 22 heavy (non-hydrogen) atoms. The summed E-state index contributed by atoms with van der Waals surface area (Å²) in [6.45, 7) is 5.09. The summed E-state index contributed by atoms with van der Waals surface area (Å²) in [5, 5.41) is 0. The molecule has 120 valence electrons. The summed E-state index contributed by atoms with van der Waals surface area (Å²) in [4.78, 5) is 9.87. The van der Waals surface area contributed by atoms with Gasteiger partial charge in [-0.1, -0.05) is 12.5 Å². The molecule has 0 amide bonds. The molecule has 0 N–H and O–H groups in total. The quantitative estimate of drug-likeness (QED) is 0.833. The summed E-state index contributed by atoms with van der Waals surface area (Å²) in [6.07, 6.45) is 9.13. The molecule has 4 rings (SSSR count). The maximum absolute atomic E-state index is 4.51. The Kier molecular flexibility index (Phi) is 4.19. The molecule has 1 saturated heterocycles. The molecule has 2 heterocycles. The normalized spacial score (nSPS) is 32.4. The van der Waals surface area contributed by atoms with E-state index in [0.717, 1.165) is 30.3 Å². The number of hydrogen-bond acceptors (Lipinski definition) is 3. The van der Waals surface area contributed by atoms with Crippen molar-refractivity contribution >= 4 is 0 Å². The van der Waals surface area contributed by atoms with Crippen molar-refractivity contribution < 1.29 is 0 Å². The molecular formula is C19H29N3. The van der Waals surface area contributed by atoms with Gasteiger partial charge in [-0.25, -0.2) is 0 Å². The third kappa shape index (κ3) is 3.21. The zero-order chi connectivity index (χ0) is 14.9. The van der Waals surface area contributed by atoms with E-state index in [4.69, 9.17) is 0 Å². The van der Waals surface area contributed by atoms with Crippen LogP contribution in [0, 0.1) is 17.8 Å². The number of likely N-dealkylation sites (tertiary alicyclic amines) is 1. The van der Waals surface area contributed by atoms with Crippen molar-refractivity contribution in [2.45, 2.75) is 44.7 Å². The van der Waals surface area contributed by atoms with Gasteiger partial charge in [0.2, 0.25) is 0 Å². The van der Waals surface area contributed by atoms with Crippen LogP contribution < -0.4 is 0 Å². The van der Waals surface area contributed by atoms with Gasteiger partial charge in [0.1, 0.15) is 0 Å². The predicted octanol–water partition coefficient (Wildman–Crippen LogP) is 3.02. The highest BCUT2D eigenvalue weighted by atomic mass is 15.2. The summed E-state index contributed by atoms with van der Waals surface area (Å²) in [5.74, 6) is 2.87. The van der Waals surface area contributed by atoms with E-state index in [-0.39, 0.29) is 0 Å². The molecule has 2 aliphatic carbocycles. The minimum atomic E-state index is 0.755. The fourth-order valence-electron chi connectivity index (χ4n) is 4.76. The third-order valence-electron chi connectivity index (χ3n) is 6.05. The van der Waals surface area contributed by atoms with Crippen LogP contribution in [-0.2, 0) is 6.54 Å². The van der Waals surface area contributed by atoms with Crippen molar-refractivity contribution in [1.82, 2.24) is 14.8 Å². The van der Waals surface area contributed by atoms with Crippen LogP contribution in [0.15, 0.2) is 24.4 Å². The van der Waals surface area contributed by atoms with Crippen molar-refractivity contribution in [3.63, 3.8) is 0 Å². The summed E-state index contributed by atoms with van der Waals surface area (Å²) in [7, 11) is 2.31. The highest BCUT2D eigenvalue weighted by Gasteiger charge is 2.42. The average molecular weight is 299 g/mol. The summed E-state index contributed by atoms with van der Waals surface area (Å²) >= 11 is 0. The molecule has 1 aliphatic heterocycles.